The average Bonchev–Trinajstić information content (AvgIpc) is 3.06. The molecule has 0 atom stereocenters. The summed E-state index contributed by atoms with van der Waals surface area (Å²) >= 11 is 6.10. The fourth-order valence-electron chi connectivity index (χ4n) is 3.73. The first kappa shape index (κ1) is 17.9. The summed E-state index contributed by atoms with van der Waals surface area (Å²) in [6.45, 7) is 3.32. The van der Waals surface area contributed by atoms with E-state index in [1.165, 1.54) is 4.31 Å². The highest BCUT2D eigenvalue weighted by atomic mass is 35.5. The molecule has 0 bridgehead atoms. The molecule has 0 amide bonds. The zero-order valence-corrected chi connectivity index (χ0v) is 16.2. The quantitative estimate of drug-likeness (QED) is 0.794. The predicted molar refractivity (Wildman–Crippen MR) is 98.5 cm³/mol. The van der Waals surface area contributed by atoms with Gasteiger partial charge in [-0.1, -0.05) is 23.7 Å². The highest BCUT2D eigenvalue weighted by molar-refractivity contribution is 7.89. The molecule has 140 valence electrons. The van der Waals surface area contributed by atoms with Crippen molar-refractivity contribution < 1.29 is 8.42 Å². The molecule has 1 aromatic heterocycles. The molecule has 4 rings (SSSR count). The number of benzene rings is 1. The average molecular weight is 396 g/mol. The number of fused-ring (bicyclic) bond motifs is 1. The first-order valence-electron chi connectivity index (χ1n) is 8.82. The number of nitrogens with zero attached hydrogens (tertiary/aromatic N) is 5. The van der Waals surface area contributed by atoms with E-state index < -0.39 is 10.0 Å². The van der Waals surface area contributed by atoms with Crippen LogP contribution in [-0.2, 0) is 23.1 Å². The summed E-state index contributed by atoms with van der Waals surface area (Å²) in [7, 11) is -1.51. The van der Waals surface area contributed by atoms with Crippen LogP contribution in [0.15, 0.2) is 29.2 Å². The van der Waals surface area contributed by atoms with Gasteiger partial charge in [0.2, 0.25) is 10.0 Å². The Morgan fingerprint density at radius 2 is 1.81 bits per heavy atom. The predicted octanol–water partition coefficient (Wildman–Crippen LogP) is 1.95. The Labute approximate surface area is 158 Å². The molecule has 1 fully saturated rings. The molecule has 7 nitrogen and oxygen atoms in total. The summed E-state index contributed by atoms with van der Waals surface area (Å²) in [5.41, 5.74) is 0. The van der Waals surface area contributed by atoms with Gasteiger partial charge in [-0.2, -0.15) is 4.31 Å². The molecule has 1 saturated heterocycles. The van der Waals surface area contributed by atoms with E-state index in [1.807, 2.05) is 0 Å². The fourth-order valence-corrected chi connectivity index (χ4v) is 5.60. The minimum absolute atomic E-state index is 0.144. The van der Waals surface area contributed by atoms with Gasteiger partial charge < -0.3 is 9.47 Å². The van der Waals surface area contributed by atoms with Crippen molar-refractivity contribution in [1.29, 1.82) is 0 Å². The maximum Gasteiger partial charge on any atom is 0.245 e. The van der Waals surface area contributed by atoms with Gasteiger partial charge in [0.15, 0.2) is 0 Å². The zero-order valence-electron chi connectivity index (χ0n) is 14.7. The van der Waals surface area contributed by atoms with Crippen molar-refractivity contribution in [3.05, 3.63) is 40.9 Å². The molecule has 2 aliphatic rings. The van der Waals surface area contributed by atoms with Crippen LogP contribution in [-0.4, -0.2) is 59.1 Å². The van der Waals surface area contributed by atoms with Crippen molar-refractivity contribution in [3.8, 4) is 0 Å². The van der Waals surface area contributed by atoms with Gasteiger partial charge in [0.1, 0.15) is 16.5 Å². The second kappa shape index (κ2) is 6.92. The Hall–Kier alpha value is -1.48. The van der Waals surface area contributed by atoms with Crippen LogP contribution in [0.5, 0.6) is 0 Å². The highest BCUT2D eigenvalue weighted by Gasteiger charge is 2.33. The summed E-state index contributed by atoms with van der Waals surface area (Å²) in [5, 5.41) is 8.93. The molecule has 2 aliphatic heterocycles. The van der Waals surface area contributed by atoms with Crippen molar-refractivity contribution in [2.45, 2.75) is 36.7 Å². The Bertz CT molecular complexity index is 906. The Kier molecular flexibility index (Phi) is 4.77. The van der Waals surface area contributed by atoms with E-state index in [0.29, 0.717) is 24.8 Å². The van der Waals surface area contributed by atoms with Crippen LogP contribution in [0.4, 0.5) is 0 Å². The summed E-state index contributed by atoms with van der Waals surface area (Å²) in [4.78, 5) is 2.47. The van der Waals surface area contributed by atoms with E-state index in [4.69, 9.17) is 11.6 Å². The molecular weight excluding hydrogens is 374 g/mol. The highest BCUT2D eigenvalue weighted by Crippen LogP contribution is 2.30. The Balaban J connectivity index is 1.57. The number of likely N-dealkylation sites (tertiary alicyclic amines) is 1. The zero-order chi connectivity index (χ0) is 18.3. The minimum atomic E-state index is -3.64. The molecule has 9 heteroatoms. The van der Waals surface area contributed by atoms with E-state index in [0.717, 1.165) is 31.8 Å². The lowest BCUT2D eigenvalue weighted by atomic mass is 9.96. The van der Waals surface area contributed by atoms with Gasteiger partial charge in [-0.15, -0.1) is 10.2 Å². The van der Waals surface area contributed by atoms with Crippen LogP contribution >= 0.6 is 11.6 Å². The Morgan fingerprint density at radius 1 is 1.08 bits per heavy atom. The van der Waals surface area contributed by atoms with Gasteiger partial charge >= 0.3 is 0 Å². The molecule has 0 radical (unpaired) electrons. The van der Waals surface area contributed by atoms with Gasteiger partial charge in [-0.25, -0.2) is 8.42 Å². The normalized spacial score (nSPS) is 20.2. The topological polar surface area (TPSA) is 71.3 Å². The molecular formula is C17H22ClN5O2S. The standard InChI is InChI=1S/C17H22ClN5O2S/c1-21-8-6-13(7-9-21)17-20-19-16-12-22(10-11-23(16)17)26(24,25)15-5-3-2-4-14(15)18/h2-5,13H,6-12H2,1H3. The molecule has 0 aliphatic carbocycles. The summed E-state index contributed by atoms with van der Waals surface area (Å²) in [6.07, 6.45) is 2.13. The molecule has 1 aromatic carbocycles. The van der Waals surface area contributed by atoms with Gasteiger partial charge in [0.25, 0.3) is 0 Å². The van der Waals surface area contributed by atoms with E-state index in [-0.39, 0.29) is 16.5 Å². The van der Waals surface area contributed by atoms with Gasteiger partial charge in [-0.05, 0) is 45.1 Å². The number of aromatic nitrogens is 3. The number of sulfonamides is 1. The number of rotatable bonds is 3. The summed E-state index contributed by atoms with van der Waals surface area (Å²) in [6, 6.07) is 6.55. The van der Waals surface area contributed by atoms with Crippen LogP contribution in [0.2, 0.25) is 5.02 Å². The van der Waals surface area contributed by atoms with Crippen molar-refractivity contribution in [1.82, 2.24) is 24.0 Å². The molecule has 0 unspecified atom stereocenters. The van der Waals surface area contributed by atoms with Crippen LogP contribution in [0.3, 0.4) is 0 Å². The summed E-state index contributed by atoms with van der Waals surface area (Å²) < 4.78 is 29.4. The lowest BCUT2D eigenvalue weighted by molar-refractivity contribution is 0.245. The largest absolute Gasteiger partial charge is 0.312 e. The Morgan fingerprint density at radius 3 is 2.54 bits per heavy atom. The molecule has 0 N–H and O–H groups in total. The second-order valence-corrected chi connectivity index (χ2v) is 9.29. The van der Waals surface area contributed by atoms with E-state index >= 15 is 0 Å². The van der Waals surface area contributed by atoms with Crippen molar-refractivity contribution in [3.63, 3.8) is 0 Å². The van der Waals surface area contributed by atoms with E-state index in [9.17, 15) is 8.42 Å². The minimum Gasteiger partial charge on any atom is -0.312 e. The molecule has 0 spiro atoms. The maximum absolute atomic E-state index is 12.9. The third-order valence-electron chi connectivity index (χ3n) is 5.28. The molecule has 2 aromatic rings. The second-order valence-electron chi connectivity index (χ2n) is 6.97. The van der Waals surface area contributed by atoms with Crippen molar-refractivity contribution in [2.75, 3.05) is 26.7 Å². The third-order valence-corrected chi connectivity index (χ3v) is 7.63. The van der Waals surface area contributed by atoms with Crippen LogP contribution < -0.4 is 0 Å². The van der Waals surface area contributed by atoms with Gasteiger partial charge in [0, 0.05) is 19.0 Å². The lowest BCUT2D eigenvalue weighted by Gasteiger charge is -2.31. The maximum atomic E-state index is 12.9. The van der Waals surface area contributed by atoms with Crippen molar-refractivity contribution >= 4 is 21.6 Å². The SMILES string of the molecule is CN1CCC(c2nnc3n2CCN(S(=O)(=O)c2ccccc2Cl)C3)CC1. The van der Waals surface area contributed by atoms with E-state index in [1.54, 1.807) is 24.3 Å². The van der Waals surface area contributed by atoms with Gasteiger partial charge in [0.05, 0.1) is 11.6 Å². The molecule has 26 heavy (non-hydrogen) atoms. The smallest absolute Gasteiger partial charge is 0.245 e. The number of hydrogen-bond acceptors (Lipinski definition) is 5. The molecule has 0 saturated carbocycles. The van der Waals surface area contributed by atoms with E-state index in [2.05, 4.69) is 26.7 Å². The van der Waals surface area contributed by atoms with Gasteiger partial charge in [-0.3, -0.25) is 0 Å². The third kappa shape index (κ3) is 3.15. The lowest BCUT2D eigenvalue weighted by Crippen LogP contribution is -2.39. The number of halogens is 1. The number of piperidine rings is 1. The van der Waals surface area contributed by atoms with Crippen LogP contribution in [0, 0.1) is 0 Å². The monoisotopic (exact) mass is 395 g/mol. The fraction of sp³-hybridized carbons (Fsp3) is 0.529. The first-order chi connectivity index (χ1) is 12.5. The summed E-state index contributed by atoms with van der Waals surface area (Å²) in [5.74, 6) is 2.11. The number of hydrogen-bond donors (Lipinski definition) is 0. The van der Waals surface area contributed by atoms with Crippen LogP contribution in [0.1, 0.15) is 30.4 Å². The first-order valence-corrected chi connectivity index (χ1v) is 10.6. The molecule has 3 heterocycles. The van der Waals surface area contributed by atoms with Crippen LogP contribution in [0.25, 0.3) is 0 Å². The van der Waals surface area contributed by atoms with Crippen molar-refractivity contribution in [2.24, 2.45) is 0 Å².